The van der Waals surface area contributed by atoms with Crippen LogP contribution in [0.5, 0.6) is 0 Å². The predicted octanol–water partition coefficient (Wildman–Crippen LogP) is 5.68. The van der Waals surface area contributed by atoms with Gasteiger partial charge in [0.15, 0.2) is 0 Å². The van der Waals surface area contributed by atoms with Crippen LogP contribution in [-0.4, -0.2) is 39.4 Å². The van der Waals surface area contributed by atoms with Gasteiger partial charge in [0, 0.05) is 43.9 Å². The summed E-state index contributed by atoms with van der Waals surface area (Å²) in [6.45, 7) is 3.70. The van der Waals surface area contributed by atoms with E-state index in [0.717, 1.165) is 28.8 Å². The molecule has 3 aromatic heterocycles. The number of hydrogen-bond acceptors (Lipinski definition) is 4. The SMILES string of the molecule is Cc1cnc(-c2cccc(C(=O)N(C)C)c2F)cc1-n1c(C)cc([C@@H]2CC2c2cccnc2)c(Cl)c1=O. The second kappa shape index (κ2) is 9.56. The summed E-state index contributed by atoms with van der Waals surface area (Å²) in [6.07, 6.45) is 6.10. The Morgan fingerprint density at radius 3 is 2.59 bits per heavy atom. The van der Waals surface area contributed by atoms with Crippen molar-refractivity contribution in [3.63, 3.8) is 0 Å². The molecule has 1 unspecified atom stereocenters. The average molecular weight is 517 g/mol. The van der Waals surface area contributed by atoms with Gasteiger partial charge in [0.1, 0.15) is 10.8 Å². The van der Waals surface area contributed by atoms with Crippen molar-refractivity contribution in [1.82, 2.24) is 19.4 Å². The van der Waals surface area contributed by atoms with Crippen molar-refractivity contribution in [2.24, 2.45) is 0 Å². The minimum Gasteiger partial charge on any atom is -0.345 e. The van der Waals surface area contributed by atoms with Gasteiger partial charge in [-0.1, -0.05) is 23.7 Å². The number of aromatic nitrogens is 3. The molecule has 8 heteroatoms. The standard InChI is InChI=1S/C29H26ClFN4O2/c1-16-14-33-24(19-8-5-9-20(27(19)31)28(36)34(3)4)13-25(16)35-17(2)11-23(26(30)29(35)37)22-12-21(22)18-7-6-10-32-15-18/h5-11,13-15,21-22H,12H2,1-4H3/t21?,22-/m1/s1. The van der Waals surface area contributed by atoms with Crippen LogP contribution in [0.25, 0.3) is 16.9 Å². The number of nitrogens with zero attached hydrogens (tertiary/aromatic N) is 4. The van der Waals surface area contributed by atoms with Gasteiger partial charge in [0.25, 0.3) is 11.5 Å². The molecule has 1 aromatic carbocycles. The first kappa shape index (κ1) is 24.8. The Morgan fingerprint density at radius 2 is 1.89 bits per heavy atom. The molecule has 0 spiro atoms. The van der Waals surface area contributed by atoms with Crippen LogP contribution in [0.3, 0.4) is 0 Å². The fourth-order valence-corrected chi connectivity index (χ4v) is 5.12. The third kappa shape index (κ3) is 4.44. The van der Waals surface area contributed by atoms with Crippen molar-refractivity contribution < 1.29 is 9.18 Å². The number of pyridine rings is 3. The van der Waals surface area contributed by atoms with Crippen LogP contribution in [0.1, 0.15) is 51.0 Å². The third-order valence-electron chi connectivity index (χ3n) is 6.89. The first-order valence-electron chi connectivity index (χ1n) is 12.0. The van der Waals surface area contributed by atoms with Crippen LogP contribution in [0.2, 0.25) is 5.02 Å². The highest BCUT2D eigenvalue weighted by molar-refractivity contribution is 6.31. The quantitative estimate of drug-likeness (QED) is 0.342. The Morgan fingerprint density at radius 1 is 1.11 bits per heavy atom. The van der Waals surface area contributed by atoms with E-state index in [1.165, 1.54) is 11.0 Å². The molecule has 0 saturated heterocycles. The molecular weight excluding hydrogens is 491 g/mol. The van der Waals surface area contributed by atoms with Gasteiger partial charge in [-0.2, -0.15) is 0 Å². The van der Waals surface area contributed by atoms with Crippen molar-refractivity contribution >= 4 is 17.5 Å². The number of benzene rings is 1. The van der Waals surface area contributed by atoms with Crippen LogP contribution < -0.4 is 5.56 Å². The zero-order chi connectivity index (χ0) is 26.4. The fourth-order valence-electron chi connectivity index (χ4n) is 4.84. The first-order valence-corrected chi connectivity index (χ1v) is 12.4. The number of halogens is 2. The summed E-state index contributed by atoms with van der Waals surface area (Å²) >= 11 is 6.66. The summed E-state index contributed by atoms with van der Waals surface area (Å²) in [5, 5.41) is 0.185. The van der Waals surface area contributed by atoms with E-state index in [2.05, 4.69) is 9.97 Å². The molecule has 3 heterocycles. The number of carbonyl (C=O) groups is 1. The maximum absolute atomic E-state index is 15.4. The average Bonchev–Trinajstić information content (AvgIpc) is 3.68. The molecule has 37 heavy (non-hydrogen) atoms. The minimum atomic E-state index is -0.656. The largest absolute Gasteiger partial charge is 0.345 e. The lowest BCUT2D eigenvalue weighted by Gasteiger charge is -2.17. The Hall–Kier alpha value is -3.84. The van der Waals surface area contributed by atoms with Crippen LogP contribution in [-0.2, 0) is 0 Å². The molecule has 5 rings (SSSR count). The molecule has 188 valence electrons. The summed E-state index contributed by atoms with van der Waals surface area (Å²) in [6, 6.07) is 12.2. The zero-order valence-corrected chi connectivity index (χ0v) is 21.8. The maximum atomic E-state index is 15.4. The lowest BCUT2D eigenvalue weighted by molar-refractivity contribution is 0.0823. The summed E-state index contributed by atoms with van der Waals surface area (Å²) < 4.78 is 16.9. The molecule has 1 fully saturated rings. The number of aryl methyl sites for hydroxylation is 2. The van der Waals surface area contributed by atoms with Gasteiger partial charge in [-0.15, -0.1) is 0 Å². The van der Waals surface area contributed by atoms with E-state index in [9.17, 15) is 9.59 Å². The number of amides is 1. The summed E-state index contributed by atoms with van der Waals surface area (Å²) in [7, 11) is 3.14. The molecule has 6 nitrogen and oxygen atoms in total. The zero-order valence-electron chi connectivity index (χ0n) is 21.0. The van der Waals surface area contributed by atoms with Gasteiger partial charge < -0.3 is 4.90 Å². The fraction of sp³-hybridized carbons (Fsp3) is 0.241. The van der Waals surface area contributed by atoms with E-state index >= 15 is 4.39 Å². The molecule has 0 N–H and O–H groups in total. The molecule has 4 aromatic rings. The third-order valence-corrected chi connectivity index (χ3v) is 7.27. The monoisotopic (exact) mass is 516 g/mol. The van der Waals surface area contributed by atoms with Gasteiger partial charge >= 0.3 is 0 Å². The molecule has 1 aliphatic carbocycles. The van der Waals surface area contributed by atoms with Crippen LogP contribution in [0.4, 0.5) is 4.39 Å². The smallest absolute Gasteiger partial charge is 0.274 e. The number of rotatable bonds is 5. The highest BCUT2D eigenvalue weighted by Crippen LogP contribution is 2.55. The van der Waals surface area contributed by atoms with E-state index in [1.807, 2.05) is 38.2 Å². The van der Waals surface area contributed by atoms with Crippen LogP contribution >= 0.6 is 11.6 Å². The van der Waals surface area contributed by atoms with Gasteiger partial charge in [0.2, 0.25) is 0 Å². The van der Waals surface area contributed by atoms with Gasteiger partial charge in [-0.05, 0) is 79.1 Å². The second-order valence-corrected chi connectivity index (χ2v) is 10.0. The molecule has 1 aliphatic rings. The lowest BCUT2D eigenvalue weighted by atomic mass is 10.0. The first-order chi connectivity index (χ1) is 17.7. The van der Waals surface area contributed by atoms with Crippen LogP contribution in [0, 0.1) is 19.7 Å². The molecular formula is C29H26ClFN4O2. The predicted molar refractivity (Wildman–Crippen MR) is 142 cm³/mol. The lowest BCUT2D eigenvalue weighted by Crippen LogP contribution is -2.23. The van der Waals surface area contributed by atoms with E-state index in [-0.39, 0.29) is 33.5 Å². The van der Waals surface area contributed by atoms with Crippen molar-refractivity contribution in [2.45, 2.75) is 32.1 Å². The van der Waals surface area contributed by atoms with Crippen molar-refractivity contribution in [2.75, 3.05) is 14.1 Å². The van der Waals surface area contributed by atoms with Gasteiger partial charge in [-0.3, -0.25) is 24.1 Å². The topological polar surface area (TPSA) is 68.1 Å². The Balaban J connectivity index is 1.56. The van der Waals surface area contributed by atoms with Crippen molar-refractivity contribution in [3.8, 4) is 16.9 Å². The van der Waals surface area contributed by atoms with E-state index in [0.29, 0.717) is 11.4 Å². The van der Waals surface area contributed by atoms with E-state index < -0.39 is 11.7 Å². The maximum Gasteiger partial charge on any atom is 0.274 e. The normalized spacial score (nSPS) is 16.5. The van der Waals surface area contributed by atoms with E-state index in [4.69, 9.17) is 11.6 Å². The molecule has 1 amide bonds. The molecule has 1 saturated carbocycles. The number of carbonyl (C=O) groups excluding carboxylic acids is 1. The molecule has 0 radical (unpaired) electrons. The Bertz CT molecular complexity index is 1580. The van der Waals surface area contributed by atoms with E-state index in [1.54, 1.807) is 49.3 Å². The molecule has 2 atom stereocenters. The van der Waals surface area contributed by atoms with Gasteiger partial charge in [-0.25, -0.2) is 4.39 Å². The number of hydrogen-bond donors (Lipinski definition) is 0. The Kier molecular flexibility index (Phi) is 6.42. The highest BCUT2D eigenvalue weighted by atomic mass is 35.5. The molecule has 0 bridgehead atoms. The minimum absolute atomic E-state index is 0.0419. The summed E-state index contributed by atoms with van der Waals surface area (Å²) in [4.78, 5) is 35.9. The van der Waals surface area contributed by atoms with Crippen molar-refractivity contribution in [1.29, 1.82) is 0 Å². The van der Waals surface area contributed by atoms with Gasteiger partial charge in [0.05, 0.1) is 16.9 Å². The highest BCUT2D eigenvalue weighted by Gasteiger charge is 2.41. The van der Waals surface area contributed by atoms with Crippen molar-refractivity contribution in [3.05, 3.63) is 110 Å². The van der Waals surface area contributed by atoms with Crippen LogP contribution in [0.15, 0.2) is 65.8 Å². The molecule has 0 aliphatic heterocycles. The summed E-state index contributed by atoms with van der Waals surface area (Å²) in [5.74, 6) is -0.643. The summed E-state index contributed by atoms with van der Waals surface area (Å²) in [5.41, 5.74) is 4.11. The second-order valence-electron chi connectivity index (χ2n) is 9.65. The Labute approximate surface area is 219 Å².